The lowest BCUT2D eigenvalue weighted by Crippen LogP contribution is -2.25. The first kappa shape index (κ1) is 19.8. The molecule has 2 rings (SSSR count). The van der Waals surface area contributed by atoms with E-state index in [4.69, 9.17) is 9.47 Å². The van der Waals surface area contributed by atoms with Crippen molar-refractivity contribution in [2.45, 2.75) is 18.7 Å². The fourth-order valence-corrected chi connectivity index (χ4v) is 2.65. The highest BCUT2D eigenvalue weighted by atomic mass is 32.2. The molecule has 0 saturated heterocycles. The third-order valence-electron chi connectivity index (χ3n) is 3.25. The second-order valence-corrected chi connectivity index (χ2v) is 6.34. The van der Waals surface area contributed by atoms with Crippen LogP contribution in [-0.4, -0.2) is 31.6 Å². The van der Waals surface area contributed by atoms with E-state index < -0.39 is 11.9 Å². The summed E-state index contributed by atoms with van der Waals surface area (Å²) in [4.78, 5) is 24.6. The van der Waals surface area contributed by atoms with E-state index in [0.717, 1.165) is 4.90 Å². The molecular formula is C19H22N2O4S. The summed E-state index contributed by atoms with van der Waals surface area (Å²) in [5.74, 6) is -0.347. The Bertz CT molecular complexity index is 735. The highest BCUT2D eigenvalue weighted by Gasteiger charge is 2.10. The van der Waals surface area contributed by atoms with E-state index in [0.29, 0.717) is 18.0 Å². The molecule has 6 nitrogen and oxygen atoms in total. The molecule has 0 aliphatic heterocycles. The number of carbonyl (C=O) groups excluding carboxylic acids is 2. The average molecular weight is 374 g/mol. The molecule has 0 spiro atoms. The first-order valence-electron chi connectivity index (χ1n) is 8.22. The van der Waals surface area contributed by atoms with Crippen LogP contribution in [0.3, 0.4) is 0 Å². The number of rotatable bonds is 9. The van der Waals surface area contributed by atoms with Crippen LogP contribution < -0.4 is 14.8 Å². The third-order valence-corrected chi connectivity index (χ3v) is 4.05. The van der Waals surface area contributed by atoms with Gasteiger partial charge in [-0.1, -0.05) is 29.8 Å². The molecule has 2 aromatic rings. The number of carbonyl (C=O) groups is 2. The molecule has 0 unspecified atom stereocenters. The van der Waals surface area contributed by atoms with Gasteiger partial charge in [0.1, 0.15) is 12.3 Å². The van der Waals surface area contributed by atoms with E-state index in [9.17, 15) is 9.59 Å². The number of benzene rings is 2. The molecule has 0 bridgehead atoms. The van der Waals surface area contributed by atoms with Crippen molar-refractivity contribution < 1.29 is 19.1 Å². The molecule has 138 valence electrons. The molecule has 0 saturated carbocycles. The lowest BCUT2D eigenvalue weighted by atomic mass is 10.2. The van der Waals surface area contributed by atoms with Crippen molar-refractivity contribution in [1.29, 1.82) is 0 Å². The summed E-state index contributed by atoms with van der Waals surface area (Å²) >= 11 is 1.33. The number of hydrogen-bond acceptors (Lipinski definition) is 6. The Morgan fingerprint density at radius 1 is 1.08 bits per heavy atom. The summed E-state index contributed by atoms with van der Waals surface area (Å²) in [5, 5.41) is 2.67. The van der Waals surface area contributed by atoms with Crippen molar-refractivity contribution in [1.82, 2.24) is 4.72 Å². The minimum absolute atomic E-state index is 0.00135. The van der Waals surface area contributed by atoms with Gasteiger partial charge in [-0.05, 0) is 50.1 Å². The molecule has 7 heteroatoms. The molecule has 0 aromatic heterocycles. The number of nitrogens with one attached hydrogen (secondary N) is 2. The van der Waals surface area contributed by atoms with Crippen molar-refractivity contribution in [3.63, 3.8) is 0 Å². The van der Waals surface area contributed by atoms with Crippen LogP contribution in [0.4, 0.5) is 5.69 Å². The first-order chi connectivity index (χ1) is 12.6. The van der Waals surface area contributed by atoms with Gasteiger partial charge in [0.25, 0.3) is 5.91 Å². The molecule has 0 fully saturated rings. The maximum absolute atomic E-state index is 11.9. The average Bonchev–Trinajstić information content (AvgIpc) is 2.63. The molecule has 0 aliphatic carbocycles. The first-order valence-corrected chi connectivity index (χ1v) is 9.04. The summed E-state index contributed by atoms with van der Waals surface area (Å²) < 4.78 is 13.3. The van der Waals surface area contributed by atoms with E-state index in [2.05, 4.69) is 10.0 Å². The number of anilines is 1. The van der Waals surface area contributed by atoms with Gasteiger partial charge in [0, 0.05) is 4.90 Å². The molecule has 0 heterocycles. The molecule has 0 aliphatic rings. The predicted molar refractivity (Wildman–Crippen MR) is 102 cm³/mol. The second kappa shape index (κ2) is 10.5. The zero-order valence-corrected chi connectivity index (χ0v) is 15.6. The number of esters is 1. The highest BCUT2D eigenvalue weighted by molar-refractivity contribution is 7.97. The van der Waals surface area contributed by atoms with Gasteiger partial charge in [0.05, 0.1) is 12.3 Å². The van der Waals surface area contributed by atoms with Crippen molar-refractivity contribution in [2.24, 2.45) is 0 Å². The van der Waals surface area contributed by atoms with Crippen molar-refractivity contribution in [3.8, 4) is 5.75 Å². The Balaban J connectivity index is 1.70. The quantitative estimate of drug-likeness (QED) is 0.519. The van der Waals surface area contributed by atoms with E-state index in [1.807, 2.05) is 44.2 Å². The Morgan fingerprint density at radius 3 is 2.54 bits per heavy atom. The van der Waals surface area contributed by atoms with Crippen LogP contribution in [-0.2, 0) is 14.3 Å². The Kier molecular flexibility index (Phi) is 7.98. The number of ether oxygens (including phenoxy) is 2. The number of aryl methyl sites for hydroxylation is 1. The van der Waals surface area contributed by atoms with Crippen LogP contribution in [0.25, 0.3) is 0 Å². The van der Waals surface area contributed by atoms with E-state index in [1.54, 1.807) is 18.2 Å². The third kappa shape index (κ3) is 6.78. The molecule has 2 N–H and O–H groups in total. The molecule has 2 aromatic carbocycles. The van der Waals surface area contributed by atoms with E-state index >= 15 is 0 Å². The maximum Gasteiger partial charge on any atom is 0.321 e. The lowest BCUT2D eigenvalue weighted by Gasteiger charge is -2.11. The number of para-hydroxylation sites is 2. The van der Waals surface area contributed by atoms with Crippen molar-refractivity contribution in [2.75, 3.05) is 25.1 Å². The zero-order valence-electron chi connectivity index (χ0n) is 14.8. The fraction of sp³-hybridized carbons (Fsp3) is 0.263. The van der Waals surface area contributed by atoms with Crippen LogP contribution >= 0.6 is 11.9 Å². The smallest absolute Gasteiger partial charge is 0.321 e. The normalized spacial score (nSPS) is 10.2. The Morgan fingerprint density at radius 2 is 1.81 bits per heavy atom. The highest BCUT2D eigenvalue weighted by Crippen LogP contribution is 2.23. The van der Waals surface area contributed by atoms with Crippen molar-refractivity contribution >= 4 is 29.5 Å². The summed E-state index contributed by atoms with van der Waals surface area (Å²) in [6.45, 7) is 4.02. The summed E-state index contributed by atoms with van der Waals surface area (Å²) in [6.07, 6.45) is 0. The Labute approximate surface area is 157 Å². The minimum Gasteiger partial charge on any atom is -0.492 e. The lowest BCUT2D eigenvalue weighted by molar-refractivity contribution is -0.145. The SMILES string of the molecule is CCOc1ccccc1NC(=O)COC(=O)CNSc1ccc(C)cc1. The minimum atomic E-state index is -0.502. The topological polar surface area (TPSA) is 76.7 Å². The maximum atomic E-state index is 11.9. The van der Waals surface area contributed by atoms with Gasteiger partial charge in [-0.25, -0.2) is 4.72 Å². The monoisotopic (exact) mass is 374 g/mol. The van der Waals surface area contributed by atoms with Gasteiger partial charge in [-0.15, -0.1) is 0 Å². The van der Waals surface area contributed by atoms with Gasteiger partial charge < -0.3 is 14.8 Å². The predicted octanol–water partition coefficient (Wildman–Crippen LogP) is 3.17. The van der Waals surface area contributed by atoms with Gasteiger partial charge in [0.2, 0.25) is 0 Å². The van der Waals surface area contributed by atoms with Crippen LogP contribution in [0.15, 0.2) is 53.4 Å². The number of hydrogen-bond donors (Lipinski definition) is 2. The van der Waals surface area contributed by atoms with E-state index in [-0.39, 0.29) is 13.2 Å². The second-order valence-electron chi connectivity index (χ2n) is 5.37. The number of amides is 1. The van der Waals surface area contributed by atoms with Gasteiger partial charge in [-0.3, -0.25) is 9.59 Å². The van der Waals surface area contributed by atoms with Crippen LogP contribution in [0.5, 0.6) is 5.75 Å². The molecule has 0 radical (unpaired) electrons. The standard InChI is InChI=1S/C19H22N2O4S/c1-3-24-17-7-5-4-6-16(17)21-18(22)13-25-19(23)12-20-26-15-10-8-14(2)9-11-15/h4-11,20H,3,12-13H2,1-2H3,(H,21,22). The summed E-state index contributed by atoms with van der Waals surface area (Å²) in [7, 11) is 0. The van der Waals surface area contributed by atoms with Crippen LogP contribution in [0.1, 0.15) is 12.5 Å². The van der Waals surface area contributed by atoms with Crippen molar-refractivity contribution in [3.05, 3.63) is 54.1 Å². The molecular weight excluding hydrogens is 352 g/mol. The Hall–Kier alpha value is -2.51. The largest absolute Gasteiger partial charge is 0.492 e. The molecule has 1 amide bonds. The summed E-state index contributed by atoms with van der Waals surface area (Å²) in [5.41, 5.74) is 1.72. The molecule has 0 atom stereocenters. The summed E-state index contributed by atoms with van der Waals surface area (Å²) in [6, 6.07) is 15.0. The van der Waals surface area contributed by atoms with E-state index in [1.165, 1.54) is 17.5 Å². The van der Waals surface area contributed by atoms with Gasteiger partial charge in [0.15, 0.2) is 6.61 Å². The van der Waals surface area contributed by atoms with Crippen LogP contribution in [0, 0.1) is 6.92 Å². The van der Waals surface area contributed by atoms with Gasteiger partial charge in [-0.2, -0.15) is 0 Å². The van der Waals surface area contributed by atoms with Gasteiger partial charge >= 0.3 is 5.97 Å². The van der Waals surface area contributed by atoms with Crippen LogP contribution in [0.2, 0.25) is 0 Å². The molecule has 26 heavy (non-hydrogen) atoms. The zero-order chi connectivity index (χ0) is 18.8. The fourth-order valence-electron chi connectivity index (χ4n) is 2.02.